The van der Waals surface area contributed by atoms with E-state index in [2.05, 4.69) is 33.5 Å². The standard InChI is InChI=1S/C38H26O38S8/c39-33-31-27(11-21(69-77(41,42)43)13-29(31)67-35(37(33)75-83(59,60)61)19-5-7-23(71-79(47,48)49)25(9-19)73-81(53,54)55)65-15-17-1-2-18(4-3-17)16-66-28-12-22(70-78(44,45)46)14-30-32(28)34(40)38(76-84(62,63)64)36(68-30)20-6-8-24(72-80(50,51)52)26(10-20)74-82(56,57)58/h1-14H,15-16H2,(H,41,42,43)(H,44,45,46)(H,47,48,49)(H,50,51,52)(H,53,54,55)(H,56,57,58)(H,59,60,61)(H,62,63,64). The molecule has 0 saturated heterocycles. The second-order valence-corrected chi connectivity index (χ2v) is 23.8. The molecular formula is C38H26O38S8. The third kappa shape index (κ3) is 17.4. The summed E-state index contributed by atoms with van der Waals surface area (Å²) < 4.78 is 320. The Morgan fingerprint density at radius 3 is 0.893 bits per heavy atom. The summed E-state index contributed by atoms with van der Waals surface area (Å²) in [5.74, 6) is -13.7. The highest BCUT2D eigenvalue weighted by atomic mass is 32.3. The van der Waals surface area contributed by atoms with E-state index in [1.54, 1.807) is 0 Å². The van der Waals surface area contributed by atoms with Crippen LogP contribution in [0.2, 0.25) is 0 Å². The topological polar surface area (TPSA) is 588 Å². The molecule has 0 saturated carbocycles. The van der Waals surface area contributed by atoms with E-state index in [-0.39, 0.29) is 11.1 Å². The van der Waals surface area contributed by atoms with Crippen LogP contribution in [0.5, 0.6) is 57.5 Å². The second kappa shape index (κ2) is 22.8. The number of benzene rings is 5. The largest absolute Gasteiger partial charge is 0.488 e. The molecule has 0 aliphatic carbocycles. The van der Waals surface area contributed by atoms with Crippen LogP contribution in [-0.2, 0) is 96.4 Å². The summed E-state index contributed by atoms with van der Waals surface area (Å²) in [5, 5.41) is -1.75. The van der Waals surface area contributed by atoms with Crippen LogP contribution in [0.4, 0.5) is 0 Å². The van der Waals surface area contributed by atoms with E-state index in [9.17, 15) is 104 Å². The van der Waals surface area contributed by atoms with Crippen molar-refractivity contribution in [1.82, 2.24) is 0 Å². The quantitative estimate of drug-likeness (QED) is 0.0400. The average molecular weight is 1350 g/mol. The first-order valence-electron chi connectivity index (χ1n) is 20.6. The smallest absolute Gasteiger partial charge is 0.446 e. The maximum atomic E-state index is 14.1. The molecule has 5 aromatic carbocycles. The molecule has 0 fully saturated rings. The normalized spacial score (nSPS) is 12.8. The Hall–Kier alpha value is -8.20. The van der Waals surface area contributed by atoms with Crippen LogP contribution in [0.1, 0.15) is 11.1 Å². The second-order valence-electron chi connectivity index (χ2n) is 15.6. The lowest BCUT2D eigenvalue weighted by Gasteiger charge is -2.15. The van der Waals surface area contributed by atoms with Gasteiger partial charge in [-0.25, -0.2) is 0 Å². The van der Waals surface area contributed by atoms with Gasteiger partial charge in [0.05, 0.1) is 0 Å². The van der Waals surface area contributed by atoms with Gasteiger partial charge in [-0.2, -0.15) is 67.3 Å². The van der Waals surface area contributed by atoms with Crippen LogP contribution < -0.4 is 53.8 Å². The molecule has 0 bridgehead atoms. The molecule has 0 atom stereocenters. The summed E-state index contributed by atoms with van der Waals surface area (Å²) in [4.78, 5) is 28.3. The Morgan fingerprint density at radius 1 is 0.321 bits per heavy atom. The number of fused-ring (bicyclic) bond motifs is 2. The molecule has 2 heterocycles. The Bertz CT molecular complexity index is 4610. The minimum Gasteiger partial charge on any atom is -0.488 e. The zero-order valence-electron chi connectivity index (χ0n) is 39.6. The predicted octanol–water partition coefficient (Wildman–Crippen LogP) is 1.84. The van der Waals surface area contributed by atoms with Crippen molar-refractivity contribution >= 4 is 105 Å². The van der Waals surface area contributed by atoms with Gasteiger partial charge in [0.25, 0.3) is 0 Å². The number of hydrogen-bond acceptors (Lipinski definition) is 30. The number of rotatable bonds is 24. The Kier molecular flexibility index (Phi) is 17.2. The molecule has 7 rings (SSSR count). The van der Waals surface area contributed by atoms with E-state index in [0.717, 1.165) is 0 Å². The Morgan fingerprint density at radius 2 is 0.607 bits per heavy atom. The Labute approximate surface area is 468 Å². The third-order valence-electron chi connectivity index (χ3n) is 9.57. The van der Waals surface area contributed by atoms with Gasteiger partial charge < -0.3 is 51.8 Å². The molecule has 0 unspecified atom stereocenters. The zero-order valence-corrected chi connectivity index (χ0v) is 46.1. The first kappa shape index (κ1) is 63.4. The van der Waals surface area contributed by atoms with Crippen molar-refractivity contribution in [2.24, 2.45) is 0 Å². The highest BCUT2D eigenvalue weighted by Crippen LogP contribution is 2.43. The molecule has 0 radical (unpaired) electrons. The van der Waals surface area contributed by atoms with Gasteiger partial charge in [-0.05, 0) is 47.5 Å². The van der Waals surface area contributed by atoms with Gasteiger partial charge >= 0.3 is 83.2 Å². The van der Waals surface area contributed by atoms with Crippen molar-refractivity contribution in [3.05, 3.63) is 117 Å². The molecule has 2 aromatic heterocycles. The van der Waals surface area contributed by atoms with Gasteiger partial charge in [0.2, 0.25) is 22.4 Å². The van der Waals surface area contributed by atoms with Gasteiger partial charge in [-0.3, -0.25) is 46.0 Å². The fourth-order valence-electron chi connectivity index (χ4n) is 6.87. The molecule has 0 spiro atoms. The SMILES string of the molecule is O=c1c(OS(=O)(=O)O)c(-c2ccc(OS(=O)(=O)O)c(OS(=O)(=O)O)c2)oc2cc(OS(=O)(=O)O)cc(OCc3ccc(COc4cc(OS(=O)(=O)O)cc5oc(-c6ccc(OS(=O)(=O)O)c(OS(=O)(=O)O)c6)c(OS(=O)(=O)O)c(=O)c45)cc3)c12. The minimum atomic E-state index is -5.75. The summed E-state index contributed by atoms with van der Waals surface area (Å²) in [6, 6.07) is 10.4. The summed E-state index contributed by atoms with van der Waals surface area (Å²) in [7, 11) is -44.5. The molecule has 38 nitrogen and oxygen atoms in total. The van der Waals surface area contributed by atoms with E-state index in [4.69, 9.17) is 27.4 Å². The van der Waals surface area contributed by atoms with Gasteiger partial charge in [0, 0.05) is 35.4 Å². The van der Waals surface area contributed by atoms with Crippen molar-refractivity contribution in [2.75, 3.05) is 0 Å². The van der Waals surface area contributed by atoms with Crippen LogP contribution in [0.25, 0.3) is 44.6 Å². The first-order chi connectivity index (χ1) is 38.3. The van der Waals surface area contributed by atoms with Crippen LogP contribution in [-0.4, -0.2) is 104 Å². The summed E-state index contributed by atoms with van der Waals surface area (Å²) in [5.41, 5.74) is -6.29. The van der Waals surface area contributed by atoms with E-state index in [1.807, 2.05) is 0 Å². The molecule has 46 heteroatoms. The van der Waals surface area contributed by atoms with Gasteiger partial charge in [-0.15, -0.1) is 0 Å². The third-order valence-corrected chi connectivity index (χ3v) is 12.7. The van der Waals surface area contributed by atoms with E-state index >= 15 is 0 Å². The monoisotopic (exact) mass is 1350 g/mol. The lowest BCUT2D eigenvalue weighted by Crippen LogP contribution is -2.17. The summed E-state index contributed by atoms with van der Waals surface area (Å²) >= 11 is 0. The van der Waals surface area contributed by atoms with Crippen LogP contribution in [0.3, 0.4) is 0 Å². The zero-order chi connectivity index (χ0) is 62.5. The first-order valence-corrected chi connectivity index (χ1v) is 31.5. The molecule has 7 aromatic rings. The van der Waals surface area contributed by atoms with Crippen molar-refractivity contribution < 1.29 is 156 Å². The highest BCUT2D eigenvalue weighted by molar-refractivity contribution is 7.83. The fraction of sp³-hybridized carbons (Fsp3) is 0.0526. The van der Waals surface area contributed by atoms with Crippen LogP contribution in [0, 0.1) is 0 Å². The van der Waals surface area contributed by atoms with E-state index < -0.39 is 209 Å². The lowest BCUT2D eigenvalue weighted by molar-refractivity contribution is 0.304. The molecule has 0 aliphatic rings. The van der Waals surface area contributed by atoms with Crippen molar-refractivity contribution in [3.63, 3.8) is 0 Å². The van der Waals surface area contributed by atoms with Crippen molar-refractivity contribution in [3.8, 4) is 80.1 Å². The maximum absolute atomic E-state index is 14.1. The summed E-state index contributed by atoms with van der Waals surface area (Å²) in [6.45, 7) is -1.38. The predicted molar refractivity (Wildman–Crippen MR) is 268 cm³/mol. The minimum absolute atomic E-state index is 0.0962. The Balaban J connectivity index is 1.27. The molecule has 0 aliphatic heterocycles. The molecule has 84 heavy (non-hydrogen) atoms. The lowest BCUT2D eigenvalue weighted by atomic mass is 10.1. The highest BCUT2D eigenvalue weighted by Gasteiger charge is 2.31. The molecule has 0 amide bonds. The molecular weight excluding hydrogens is 1320 g/mol. The fourth-order valence-corrected chi connectivity index (χ4v) is 9.72. The van der Waals surface area contributed by atoms with Crippen LogP contribution >= 0.6 is 0 Å². The average Bonchev–Trinajstić information content (AvgIpc) is 3.47. The molecule has 454 valence electrons. The van der Waals surface area contributed by atoms with E-state index in [0.29, 0.717) is 60.7 Å². The van der Waals surface area contributed by atoms with Gasteiger partial charge in [0.1, 0.15) is 46.7 Å². The van der Waals surface area contributed by atoms with Crippen molar-refractivity contribution in [2.45, 2.75) is 13.2 Å². The van der Waals surface area contributed by atoms with Gasteiger partial charge in [-0.1, -0.05) is 24.3 Å². The van der Waals surface area contributed by atoms with Crippen molar-refractivity contribution in [1.29, 1.82) is 0 Å². The van der Waals surface area contributed by atoms with Crippen LogP contribution in [0.15, 0.2) is 103 Å². The maximum Gasteiger partial charge on any atom is 0.446 e. The van der Waals surface area contributed by atoms with Gasteiger partial charge in [0.15, 0.2) is 46.0 Å². The summed E-state index contributed by atoms with van der Waals surface area (Å²) in [6.07, 6.45) is 0. The number of hydrogen-bond donors (Lipinski definition) is 8. The number of ether oxygens (including phenoxy) is 2. The van der Waals surface area contributed by atoms with E-state index in [1.165, 1.54) is 24.3 Å². The molecule has 8 N–H and O–H groups in total.